The maximum atomic E-state index is 10.3. The van der Waals surface area contributed by atoms with Crippen LogP contribution in [0.2, 0.25) is 0 Å². The van der Waals surface area contributed by atoms with Crippen LogP contribution < -0.4 is 0 Å². The number of aliphatic hydroxyl groups excluding tert-OH is 1. The molecule has 0 aliphatic rings. The third kappa shape index (κ3) is 3.40. The average Bonchev–Trinajstić information content (AvgIpc) is 2.27. The molecule has 0 amide bonds. The van der Waals surface area contributed by atoms with E-state index >= 15 is 0 Å². The maximum absolute atomic E-state index is 10.3. The number of hydrogen-bond donors (Lipinski definition) is 1. The number of aromatic nitrogens is 1. The van der Waals surface area contributed by atoms with Gasteiger partial charge in [0, 0.05) is 22.3 Å². The van der Waals surface area contributed by atoms with Gasteiger partial charge in [-0.25, -0.2) is 0 Å². The highest BCUT2D eigenvalue weighted by Gasteiger charge is 2.10. The average molecular weight is 306 g/mol. The van der Waals surface area contributed by atoms with Gasteiger partial charge in [0.05, 0.1) is 6.10 Å². The first-order chi connectivity index (χ1) is 8.54. The molecular weight excluding hydrogens is 290 g/mol. The zero-order valence-corrected chi connectivity index (χ0v) is 12.1. The lowest BCUT2D eigenvalue weighted by molar-refractivity contribution is 0.178. The van der Waals surface area contributed by atoms with E-state index in [0.717, 1.165) is 27.0 Å². The van der Waals surface area contributed by atoms with Gasteiger partial charge in [0.2, 0.25) is 0 Å². The summed E-state index contributed by atoms with van der Waals surface area (Å²) in [7, 11) is 0. The van der Waals surface area contributed by atoms with Crippen molar-refractivity contribution in [1.82, 2.24) is 4.98 Å². The number of pyridine rings is 1. The second-order valence-electron chi connectivity index (χ2n) is 4.53. The fourth-order valence-electron chi connectivity index (χ4n) is 2.06. The van der Waals surface area contributed by atoms with Gasteiger partial charge in [-0.1, -0.05) is 28.1 Å². The summed E-state index contributed by atoms with van der Waals surface area (Å²) in [6, 6.07) is 11.9. The van der Waals surface area contributed by atoms with Crippen LogP contribution in [0.25, 0.3) is 0 Å². The molecule has 0 bridgehead atoms. The fourth-order valence-corrected chi connectivity index (χ4v) is 2.51. The number of aryl methyl sites for hydroxylation is 2. The van der Waals surface area contributed by atoms with Gasteiger partial charge in [0.25, 0.3) is 0 Å². The Morgan fingerprint density at radius 1 is 1.17 bits per heavy atom. The monoisotopic (exact) mass is 305 g/mol. The van der Waals surface area contributed by atoms with Crippen LogP contribution in [0, 0.1) is 13.8 Å². The summed E-state index contributed by atoms with van der Waals surface area (Å²) in [6.45, 7) is 3.89. The Hall–Kier alpha value is -1.19. The molecule has 1 aromatic heterocycles. The molecule has 0 saturated carbocycles. The molecule has 0 radical (unpaired) electrons. The van der Waals surface area contributed by atoms with Gasteiger partial charge in [0.1, 0.15) is 0 Å². The van der Waals surface area contributed by atoms with Crippen molar-refractivity contribution < 1.29 is 5.11 Å². The van der Waals surface area contributed by atoms with Crippen LogP contribution in [-0.4, -0.2) is 10.1 Å². The third-order valence-corrected chi connectivity index (χ3v) is 3.30. The van der Waals surface area contributed by atoms with E-state index < -0.39 is 6.10 Å². The lowest BCUT2D eigenvalue weighted by atomic mass is 10.0. The standard InChI is InChI=1S/C15H16BrNO/c1-10-6-13(7-11(2)17-10)15(18)9-12-4-3-5-14(16)8-12/h3-8,15,18H,9H2,1-2H3. The topological polar surface area (TPSA) is 33.1 Å². The molecule has 0 aliphatic carbocycles. The molecule has 1 atom stereocenters. The number of hydrogen-bond acceptors (Lipinski definition) is 2. The van der Waals surface area contributed by atoms with E-state index in [4.69, 9.17) is 0 Å². The zero-order valence-electron chi connectivity index (χ0n) is 10.5. The van der Waals surface area contributed by atoms with Crippen molar-refractivity contribution in [3.63, 3.8) is 0 Å². The van der Waals surface area contributed by atoms with Crippen LogP contribution in [0.4, 0.5) is 0 Å². The van der Waals surface area contributed by atoms with Crippen molar-refractivity contribution >= 4 is 15.9 Å². The van der Waals surface area contributed by atoms with Gasteiger partial charge in [-0.05, 0) is 49.2 Å². The summed E-state index contributed by atoms with van der Waals surface area (Å²) in [4.78, 5) is 4.32. The van der Waals surface area contributed by atoms with Crippen LogP contribution >= 0.6 is 15.9 Å². The molecule has 2 rings (SSSR count). The van der Waals surface area contributed by atoms with Gasteiger partial charge in [-0.3, -0.25) is 4.98 Å². The molecule has 0 saturated heterocycles. The van der Waals surface area contributed by atoms with E-state index in [0.29, 0.717) is 6.42 Å². The zero-order chi connectivity index (χ0) is 13.1. The molecule has 0 aliphatic heterocycles. The number of nitrogens with zero attached hydrogens (tertiary/aromatic N) is 1. The highest BCUT2D eigenvalue weighted by Crippen LogP contribution is 2.21. The molecule has 1 aromatic carbocycles. The van der Waals surface area contributed by atoms with Gasteiger partial charge in [0.15, 0.2) is 0 Å². The van der Waals surface area contributed by atoms with Crippen LogP contribution in [0.5, 0.6) is 0 Å². The van der Waals surface area contributed by atoms with E-state index in [1.165, 1.54) is 0 Å². The molecule has 2 nitrogen and oxygen atoms in total. The van der Waals surface area contributed by atoms with Crippen molar-refractivity contribution in [1.29, 1.82) is 0 Å². The second kappa shape index (κ2) is 5.63. The van der Waals surface area contributed by atoms with E-state index in [1.807, 2.05) is 50.2 Å². The number of rotatable bonds is 3. The van der Waals surface area contributed by atoms with Gasteiger partial charge >= 0.3 is 0 Å². The maximum Gasteiger partial charge on any atom is 0.0831 e. The first kappa shape index (κ1) is 13.2. The Morgan fingerprint density at radius 3 is 2.44 bits per heavy atom. The first-order valence-corrected chi connectivity index (χ1v) is 6.71. The highest BCUT2D eigenvalue weighted by atomic mass is 79.9. The summed E-state index contributed by atoms with van der Waals surface area (Å²) in [5.74, 6) is 0. The molecule has 1 unspecified atom stereocenters. The minimum Gasteiger partial charge on any atom is -0.388 e. The highest BCUT2D eigenvalue weighted by molar-refractivity contribution is 9.10. The molecule has 0 fully saturated rings. The van der Waals surface area contributed by atoms with Crippen LogP contribution in [-0.2, 0) is 6.42 Å². The Kier molecular flexibility index (Phi) is 4.15. The molecule has 1 heterocycles. The summed E-state index contributed by atoms with van der Waals surface area (Å²) in [5, 5.41) is 10.3. The molecular formula is C15H16BrNO. The van der Waals surface area contributed by atoms with Crippen LogP contribution in [0.1, 0.15) is 28.6 Å². The number of benzene rings is 1. The van der Waals surface area contributed by atoms with E-state index in [-0.39, 0.29) is 0 Å². The predicted octanol–water partition coefficient (Wildman–Crippen LogP) is 3.74. The third-order valence-electron chi connectivity index (χ3n) is 2.81. The summed E-state index contributed by atoms with van der Waals surface area (Å²) in [5.41, 5.74) is 3.93. The van der Waals surface area contributed by atoms with Gasteiger partial charge in [-0.15, -0.1) is 0 Å². The first-order valence-electron chi connectivity index (χ1n) is 5.92. The van der Waals surface area contributed by atoms with Crippen molar-refractivity contribution in [2.24, 2.45) is 0 Å². The minimum atomic E-state index is -0.486. The predicted molar refractivity (Wildman–Crippen MR) is 76.5 cm³/mol. The molecule has 94 valence electrons. The summed E-state index contributed by atoms with van der Waals surface area (Å²) < 4.78 is 1.04. The van der Waals surface area contributed by atoms with Crippen molar-refractivity contribution in [2.45, 2.75) is 26.4 Å². The molecule has 0 spiro atoms. The summed E-state index contributed by atoms with van der Waals surface area (Å²) >= 11 is 3.44. The van der Waals surface area contributed by atoms with Crippen molar-refractivity contribution in [3.05, 3.63) is 63.4 Å². The summed E-state index contributed by atoms with van der Waals surface area (Å²) in [6.07, 6.45) is 0.127. The Labute approximate surface area is 116 Å². The quantitative estimate of drug-likeness (QED) is 0.937. The number of aliphatic hydroxyl groups is 1. The smallest absolute Gasteiger partial charge is 0.0831 e. The van der Waals surface area contributed by atoms with Crippen molar-refractivity contribution in [3.8, 4) is 0 Å². The van der Waals surface area contributed by atoms with E-state index in [9.17, 15) is 5.11 Å². The van der Waals surface area contributed by atoms with Crippen molar-refractivity contribution in [2.75, 3.05) is 0 Å². The van der Waals surface area contributed by atoms with E-state index in [1.54, 1.807) is 0 Å². The number of halogens is 1. The molecule has 1 N–H and O–H groups in total. The fraction of sp³-hybridized carbons (Fsp3) is 0.267. The lowest BCUT2D eigenvalue weighted by Crippen LogP contribution is -2.03. The lowest BCUT2D eigenvalue weighted by Gasteiger charge is -2.12. The van der Waals surface area contributed by atoms with Crippen LogP contribution in [0.3, 0.4) is 0 Å². The Balaban J connectivity index is 2.19. The normalized spacial score (nSPS) is 12.4. The molecule has 2 aromatic rings. The Morgan fingerprint density at radius 2 is 1.83 bits per heavy atom. The second-order valence-corrected chi connectivity index (χ2v) is 5.45. The SMILES string of the molecule is Cc1cc(C(O)Cc2cccc(Br)c2)cc(C)n1. The van der Waals surface area contributed by atoms with Crippen LogP contribution in [0.15, 0.2) is 40.9 Å². The molecule has 3 heteroatoms. The van der Waals surface area contributed by atoms with E-state index in [2.05, 4.69) is 20.9 Å². The van der Waals surface area contributed by atoms with Gasteiger partial charge < -0.3 is 5.11 Å². The minimum absolute atomic E-state index is 0.486. The molecule has 18 heavy (non-hydrogen) atoms. The van der Waals surface area contributed by atoms with Gasteiger partial charge in [-0.2, -0.15) is 0 Å². The Bertz CT molecular complexity index is 534. The largest absolute Gasteiger partial charge is 0.388 e.